The van der Waals surface area contributed by atoms with Crippen molar-refractivity contribution < 1.29 is 47.3 Å². The Kier molecular flexibility index (Phi) is 13.3. The Morgan fingerprint density at radius 1 is 0.783 bits per heavy atom. The van der Waals surface area contributed by atoms with E-state index in [1.807, 2.05) is 6.92 Å². The van der Waals surface area contributed by atoms with Gasteiger partial charge < -0.3 is 44.6 Å². The van der Waals surface area contributed by atoms with Crippen LogP contribution in [-0.4, -0.2) is 81.4 Å². The highest BCUT2D eigenvalue weighted by Crippen LogP contribution is 2.44. The first-order chi connectivity index (χ1) is 21.9. The number of hydrogen-bond acceptors (Lipinski definition) is 12. The molecular formula is C32H42N4O10. The Hall–Kier alpha value is -4.69. The molecule has 1 aromatic heterocycles. The number of ether oxygens (including phenoxy) is 4. The molecule has 3 aromatic rings. The van der Waals surface area contributed by atoms with Crippen LogP contribution in [-0.2, 0) is 19.1 Å². The molecule has 0 spiro atoms. The molecule has 0 fully saturated rings. The molecule has 0 radical (unpaired) electrons. The van der Waals surface area contributed by atoms with Crippen LogP contribution in [0.3, 0.4) is 0 Å². The minimum atomic E-state index is -0.801. The van der Waals surface area contributed by atoms with E-state index in [1.54, 1.807) is 45.0 Å². The molecule has 0 unspecified atom stereocenters. The molecule has 0 atom stereocenters. The first-order valence-electron chi connectivity index (χ1n) is 15.1. The van der Waals surface area contributed by atoms with Gasteiger partial charge in [0.05, 0.1) is 25.1 Å². The van der Waals surface area contributed by atoms with Crippen LogP contribution in [0.15, 0.2) is 34.7 Å². The predicted molar refractivity (Wildman–Crippen MR) is 169 cm³/mol. The minimum Gasteiger partial charge on any atom is -0.465 e. The van der Waals surface area contributed by atoms with Gasteiger partial charge in [0.1, 0.15) is 5.60 Å². The van der Waals surface area contributed by atoms with Gasteiger partial charge in [-0.25, -0.2) is 9.59 Å². The zero-order valence-corrected chi connectivity index (χ0v) is 26.8. The van der Waals surface area contributed by atoms with Crippen molar-refractivity contribution in [3.63, 3.8) is 0 Å². The summed E-state index contributed by atoms with van der Waals surface area (Å²) in [5, 5.41) is 12.0. The molecule has 0 aliphatic carbocycles. The van der Waals surface area contributed by atoms with E-state index in [4.69, 9.17) is 23.4 Å². The van der Waals surface area contributed by atoms with Crippen molar-refractivity contribution in [2.24, 2.45) is 0 Å². The number of esters is 2. The number of carbonyl (C=O) groups excluding carboxylic acids is 5. The number of ketones is 1. The lowest BCUT2D eigenvalue weighted by Crippen LogP contribution is -2.37. The molecule has 0 saturated carbocycles. The molecular weight excluding hydrogens is 600 g/mol. The third-order valence-electron chi connectivity index (χ3n) is 6.20. The lowest BCUT2D eigenvalue weighted by molar-refractivity contribution is -0.153. The number of benzene rings is 2. The van der Waals surface area contributed by atoms with E-state index in [9.17, 15) is 24.0 Å². The van der Waals surface area contributed by atoms with Gasteiger partial charge in [-0.2, -0.15) is 0 Å². The maximum absolute atomic E-state index is 12.8. The van der Waals surface area contributed by atoms with E-state index in [0.29, 0.717) is 17.4 Å². The fourth-order valence-electron chi connectivity index (χ4n) is 4.16. The highest BCUT2D eigenvalue weighted by atomic mass is 16.6. The summed E-state index contributed by atoms with van der Waals surface area (Å²) < 4.78 is 27.4. The SMILES string of the molecule is CCCCOC(=O)CNCCNC(=O)Oc1c2ccccc2c(OC(=O)NCCNCC(=O)OC(C)(C)C)c2cc(C(C)=O)oc12. The van der Waals surface area contributed by atoms with E-state index in [0.717, 1.165) is 12.8 Å². The molecule has 0 aliphatic rings. The van der Waals surface area contributed by atoms with Crippen molar-refractivity contribution in [2.75, 3.05) is 45.9 Å². The van der Waals surface area contributed by atoms with Crippen LogP contribution in [0.1, 0.15) is 58.0 Å². The van der Waals surface area contributed by atoms with E-state index < -0.39 is 23.8 Å². The van der Waals surface area contributed by atoms with Gasteiger partial charge in [-0.3, -0.25) is 14.4 Å². The van der Waals surface area contributed by atoms with Crippen molar-refractivity contribution in [1.29, 1.82) is 0 Å². The second-order valence-corrected chi connectivity index (χ2v) is 11.3. The van der Waals surface area contributed by atoms with Crippen molar-refractivity contribution >= 4 is 51.7 Å². The first-order valence-corrected chi connectivity index (χ1v) is 15.1. The van der Waals surface area contributed by atoms with E-state index in [1.165, 1.54) is 13.0 Å². The van der Waals surface area contributed by atoms with Gasteiger partial charge in [-0.15, -0.1) is 0 Å². The number of hydrogen-bond donors (Lipinski definition) is 4. The largest absolute Gasteiger partial charge is 0.465 e. The van der Waals surface area contributed by atoms with Crippen LogP contribution in [0.2, 0.25) is 0 Å². The predicted octanol–water partition coefficient (Wildman–Crippen LogP) is 3.83. The Morgan fingerprint density at radius 2 is 1.35 bits per heavy atom. The molecule has 3 rings (SSSR count). The summed E-state index contributed by atoms with van der Waals surface area (Å²) in [7, 11) is 0. The average Bonchev–Trinajstić information content (AvgIpc) is 3.44. The number of nitrogens with one attached hydrogen (secondary N) is 4. The summed E-state index contributed by atoms with van der Waals surface area (Å²) in [6.07, 6.45) is 0.126. The smallest absolute Gasteiger partial charge is 0.412 e. The third-order valence-corrected chi connectivity index (χ3v) is 6.20. The number of Topliss-reactive ketones (excluding diaryl/α,β-unsaturated/α-hetero) is 1. The molecule has 46 heavy (non-hydrogen) atoms. The third kappa shape index (κ3) is 11.0. The lowest BCUT2D eigenvalue weighted by atomic mass is 10.1. The second-order valence-electron chi connectivity index (χ2n) is 11.3. The van der Waals surface area contributed by atoms with Gasteiger partial charge >= 0.3 is 24.1 Å². The quantitative estimate of drug-likeness (QED) is 0.101. The summed E-state index contributed by atoms with van der Waals surface area (Å²) in [5.41, 5.74) is -0.563. The molecule has 0 aliphatic heterocycles. The van der Waals surface area contributed by atoms with Crippen LogP contribution < -0.4 is 30.7 Å². The van der Waals surface area contributed by atoms with Crippen molar-refractivity contribution in [2.45, 2.75) is 53.1 Å². The van der Waals surface area contributed by atoms with E-state index in [2.05, 4.69) is 21.3 Å². The van der Waals surface area contributed by atoms with Crippen LogP contribution in [0, 0.1) is 0 Å². The lowest BCUT2D eigenvalue weighted by Gasteiger charge is -2.19. The zero-order valence-electron chi connectivity index (χ0n) is 26.8. The number of rotatable bonds is 16. The average molecular weight is 643 g/mol. The molecule has 2 aromatic carbocycles. The molecule has 4 N–H and O–H groups in total. The monoisotopic (exact) mass is 642 g/mol. The maximum Gasteiger partial charge on any atom is 0.412 e. The Balaban J connectivity index is 1.68. The van der Waals surface area contributed by atoms with Gasteiger partial charge in [-0.1, -0.05) is 37.6 Å². The molecule has 1 heterocycles. The summed E-state index contributed by atoms with van der Waals surface area (Å²) in [5.74, 6) is -1.08. The minimum absolute atomic E-state index is 0.00353. The number of amides is 2. The number of furan rings is 1. The summed E-state index contributed by atoms with van der Waals surface area (Å²) >= 11 is 0. The Morgan fingerprint density at radius 3 is 1.91 bits per heavy atom. The zero-order chi connectivity index (χ0) is 33.7. The summed E-state index contributed by atoms with van der Waals surface area (Å²) in [4.78, 5) is 61.3. The van der Waals surface area contributed by atoms with Crippen LogP contribution >= 0.6 is 0 Å². The molecule has 14 heteroatoms. The van der Waals surface area contributed by atoms with Gasteiger partial charge in [0.15, 0.2) is 28.6 Å². The second kappa shape index (κ2) is 17.1. The number of carbonyl (C=O) groups is 5. The fourth-order valence-corrected chi connectivity index (χ4v) is 4.16. The van der Waals surface area contributed by atoms with Crippen LogP contribution in [0.25, 0.3) is 21.7 Å². The fraction of sp³-hybridized carbons (Fsp3) is 0.469. The normalized spacial score (nSPS) is 11.2. The standard InChI is InChI=1S/C32H42N4O10/c1-6-7-16-42-25(38)18-33-12-14-36-31(41)45-28-22-11-9-8-10-21(22)27(23-17-24(20(2)37)43-29(23)28)44-30(40)35-15-13-34-19-26(39)46-32(3,4)5/h8-11,17,33-34H,6-7,12-16,18-19H2,1-5H3,(H,35,40)(H,36,41). The summed E-state index contributed by atoms with van der Waals surface area (Å²) in [6, 6.07) is 8.17. The molecule has 0 saturated heterocycles. The molecule has 0 bridgehead atoms. The molecule has 2 amide bonds. The topological polar surface area (TPSA) is 184 Å². The number of fused-ring (bicyclic) bond motifs is 2. The molecule has 250 valence electrons. The van der Waals surface area contributed by atoms with Gasteiger partial charge in [-0.05, 0) is 33.3 Å². The van der Waals surface area contributed by atoms with Crippen LogP contribution in [0.4, 0.5) is 9.59 Å². The van der Waals surface area contributed by atoms with Gasteiger partial charge in [0.2, 0.25) is 0 Å². The highest BCUT2D eigenvalue weighted by Gasteiger charge is 2.25. The van der Waals surface area contributed by atoms with Crippen molar-refractivity contribution in [3.05, 3.63) is 36.1 Å². The molecule has 14 nitrogen and oxygen atoms in total. The van der Waals surface area contributed by atoms with E-state index >= 15 is 0 Å². The maximum atomic E-state index is 12.8. The number of unbranched alkanes of at least 4 members (excludes halogenated alkanes) is 1. The van der Waals surface area contributed by atoms with Crippen molar-refractivity contribution in [3.8, 4) is 11.5 Å². The first kappa shape index (κ1) is 35.8. The highest BCUT2D eigenvalue weighted by molar-refractivity contribution is 6.12. The Labute approximate surface area is 266 Å². The summed E-state index contributed by atoms with van der Waals surface area (Å²) in [6.45, 7) is 9.81. The van der Waals surface area contributed by atoms with Crippen molar-refractivity contribution in [1.82, 2.24) is 21.3 Å². The van der Waals surface area contributed by atoms with E-state index in [-0.39, 0.29) is 79.2 Å². The van der Waals surface area contributed by atoms with Crippen LogP contribution in [0.5, 0.6) is 11.5 Å². The van der Waals surface area contributed by atoms with Gasteiger partial charge in [0.25, 0.3) is 0 Å². The van der Waals surface area contributed by atoms with Gasteiger partial charge in [0, 0.05) is 43.9 Å². The Bertz CT molecular complexity index is 1540.